The van der Waals surface area contributed by atoms with Gasteiger partial charge in [0.25, 0.3) is 0 Å². The third-order valence-corrected chi connectivity index (χ3v) is 3.29. The van der Waals surface area contributed by atoms with Crippen LogP contribution in [0.25, 0.3) is 0 Å². The molecule has 1 atom stereocenters. The van der Waals surface area contributed by atoms with Gasteiger partial charge in [-0.05, 0) is 46.9 Å². The quantitative estimate of drug-likeness (QED) is 0.910. The van der Waals surface area contributed by atoms with Crippen LogP contribution < -0.4 is 0 Å². The number of likely N-dealkylation sites (tertiary alicyclic amines) is 1. The lowest BCUT2D eigenvalue weighted by molar-refractivity contribution is 0.153. The SMILES string of the molecule is OCC1CCCN1Cc1cncc(Br)c1. The van der Waals surface area contributed by atoms with Gasteiger partial charge in [-0.2, -0.15) is 0 Å². The van der Waals surface area contributed by atoms with Crippen LogP contribution in [-0.2, 0) is 6.54 Å². The molecule has 2 rings (SSSR count). The van der Waals surface area contributed by atoms with Crippen LogP contribution in [0.2, 0.25) is 0 Å². The standard InChI is InChI=1S/C11H15BrN2O/c12-10-4-9(5-13-6-10)7-14-3-1-2-11(14)8-15/h4-6,11,15H,1-3,7-8H2. The Balaban J connectivity index is 2.02. The highest BCUT2D eigenvalue weighted by atomic mass is 79.9. The molecule has 0 spiro atoms. The van der Waals surface area contributed by atoms with Gasteiger partial charge in [-0.25, -0.2) is 0 Å². The molecule has 1 aromatic rings. The van der Waals surface area contributed by atoms with Crippen LogP contribution in [-0.4, -0.2) is 34.2 Å². The molecule has 1 saturated heterocycles. The van der Waals surface area contributed by atoms with Crippen LogP contribution in [0.5, 0.6) is 0 Å². The van der Waals surface area contributed by atoms with E-state index in [9.17, 15) is 5.11 Å². The van der Waals surface area contributed by atoms with Gasteiger partial charge in [0.2, 0.25) is 0 Å². The monoisotopic (exact) mass is 270 g/mol. The summed E-state index contributed by atoms with van der Waals surface area (Å²) in [7, 11) is 0. The topological polar surface area (TPSA) is 36.4 Å². The van der Waals surface area contributed by atoms with E-state index in [-0.39, 0.29) is 6.61 Å². The van der Waals surface area contributed by atoms with Gasteiger partial charge >= 0.3 is 0 Å². The number of hydrogen-bond donors (Lipinski definition) is 1. The number of hydrogen-bond acceptors (Lipinski definition) is 3. The van der Waals surface area contributed by atoms with Crippen molar-refractivity contribution >= 4 is 15.9 Å². The lowest BCUT2D eigenvalue weighted by atomic mass is 10.2. The van der Waals surface area contributed by atoms with Crippen LogP contribution >= 0.6 is 15.9 Å². The molecule has 3 nitrogen and oxygen atoms in total. The molecule has 4 heteroatoms. The number of halogens is 1. The van der Waals surface area contributed by atoms with Crippen molar-refractivity contribution in [2.75, 3.05) is 13.2 Å². The van der Waals surface area contributed by atoms with Crippen molar-refractivity contribution in [3.8, 4) is 0 Å². The zero-order valence-electron chi connectivity index (χ0n) is 8.56. The molecule has 1 fully saturated rings. The van der Waals surface area contributed by atoms with Gasteiger partial charge in [-0.15, -0.1) is 0 Å². The fourth-order valence-corrected chi connectivity index (χ4v) is 2.50. The predicted octanol–water partition coefficient (Wildman–Crippen LogP) is 1.80. The van der Waals surface area contributed by atoms with E-state index in [0.717, 1.165) is 24.0 Å². The van der Waals surface area contributed by atoms with Crippen LogP contribution in [0.4, 0.5) is 0 Å². The molecule has 0 amide bonds. The molecule has 0 bridgehead atoms. The average Bonchev–Trinajstić information content (AvgIpc) is 2.65. The molecule has 0 aliphatic carbocycles. The maximum absolute atomic E-state index is 9.20. The number of aliphatic hydroxyl groups excluding tert-OH is 1. The Kier molecular flexibility index (Phi) is 3.72. The maximum atomic E-state index is 9.20. The Hall–Kier alpha value is -0.450. The van der Waals surface area contributed by atoms with E-state index in [4.69, 9.17) is 0 Å². The van der Waals surface area contributed by atoms with Gasteiger partial charge in [-0.1, -0.05) is 0 Å². The third kappa shape index (κ3) is 2.77. The summed E-state index contributed by atoms with van der Waals surface area (Å²) in [5, 5.41) is 9.20. The minimum Gasteiger partial charge on any atom is -0.395 e. The highest BCUT2D eigenvalue weighted by molar-refractivity contribution is 9.10. The fraction of sp³-hybridized carbons (Fsp3) is 0.545. The van der Waals surface area contributed by atoms with Crippen molar-refractivity contribution in [1.82, 2.24) is 9.88 Å². The van der Waals surface area contributed by atoms with Gasteiger partial charge in [0.1, 0.15) is 0 Å². The highest BCUT2D eigenvalue weighted by Gasteiger charge is 2.23. The van der Waals surface area contributed by atoms with Crippen molar-refractivity contribution in [3.63, 3.8) is 0 Å². The third-order valence-electron chi connectivity index (χ3n) is 2.86. The summed E-state index contributed by atoms with van der Waals surface area (Å²) in [4.78, 5) is 6.46. The van der Waals surface area contributed by atoms with E-state index in [2.05, 4.69) is 31.9 Å². The summed E-state index contributed by atoms with van der Waals surface area (Å²) in [6.07, 6.45) is 5.97. The first-order valence-electron chi connectivity index (χ1n) is 5.24. The second-order valence-electron chi connectivity index (χ2n) is 3.96. The van der Waals surface area contributed by atoms with Gasteiger partial charge in [0.05, 0.1) is 6.61 Å². The number of pyridine rings is 1. The van der Waals surface area contributed by atoms with E-state index in [0.29, 0.717) is 6.04 Å². The molecule has 1 aliphatic heterocycles. The van der Waals surface area contributed by atoms with E-state index in [1.54, 1.807) is 6.20 Å². The fourth-order valence-electron chi connectivity index (χ4n) is 2.09. The lowest BCUT2D eigenvalue weighted by Gasteiger charge is -2.22. The van der Waals surface area contributed by atoms with E-state index in [1.807, 2.05) is 6.20 Å². The molecule has 2 heterocycles. The molecule has 1 aliphatic rings. The summed E-state index contributed by atoms with van der Waals surface area (Å²) in [6.45, 7) is 2.23. The van der Waals surface area contributed by atoms with Crippen molar-refractivity contribution in [2.45, 2.75) is 25.4 Å². The molecular formula is C11H15BrN2O. The molecule has 1 N–H and O–H groups in total. The first kappa shape index (κ1) is 11.0. The largest absolute Gasteiger partial charge is 0.395 e. The van der Waals surface area contributed by atoms with Crippen molar-refractivity contribution in [3.05, 3.63) is 28.5 Å². The predicted molar refractivity (Wildman–Crippen MR) is 62.5 cm³/mol. The van der Waals surface area contributed by atoms with Crippen molar-refractivity contribution in [1.29, 1.82) is 0 Å². The number of nitrogens with zero attached hydrogens (tertiary/aromatic N) is 2. The molecule has 0 saturated carbocycles. The Labute approximate surface area is 98.3 Å². The second-order valence-corrected chi connectivity index (χ2v) is 4.88. The Morgan fingerprint density at radius 1 is 1.53 bits per heavy atom. The molecule has 0 aromatic carbocycles. The van der Waals surface area contributed by atoms with Crippen LogP contribution in [0.3, 0.4) is 0 Å². The highest BCUT2D eigenvalue weighted by Crippen LogP contribution is 2.20. The van der Waals surface area contributed by atoms with Crippen LogP contribution in [0.15, 0.2) is 22.9 Å². The van der Waals surface area contributed by atoms with Crippen molar-refractivity contribution < 1.29 is 5.11 Å². The Morgan fingerprint density at radius 3 is 3.13 bits per heavy atom. The summed E-state index contributed by atoms with van der Waals surface area (Å²) in [5.74, 6) is 0. The zero-order valence-corrected chi connectivity index (χ0v) is 10.2. The molecule has 0 radical (unpaired) electrons. The summed E-state index contributed by atoms with van der Waals surface area (Å²) in [5.41, 5.74) is 1.20. The molecule has 1 aromatic heterocycles. The first-order valence-corrected chi connectivity index (χ1v) is 6.03. The average molecular weight is 271 g/mol. The number of rotatable bonds is 3. The minimum absolute atomic E-state index is 0.265. The normalized spacial score (nSPS) is 22.1. The van der Waals surface area contributed by atoms with E-state index >= 15 is 0 Å². The molecule has 82 valence electrons. The minimum atomic E-state index is 0.265. The van der Waals surface area contributed by atoms with Gasteiger partial charge in [0, 0.05) is 29.5 Å². The second kappa shape index (κ2) is 5.05. The van der Waals surface area contributed by atoms with Crippen molar-refractivity contribution in [2.24, 2.45) is 0 Å². The number of aliphatic hydroxyl groups is 1. The Bertz CT molecular complexity index is 332. The molecule has 1 unspecified atom stereocenters. The van der Waals surface area contributed by atoms with Crippen LogP contribution in [0.1, 0.15) is 18.4 Å². The van der Waals surface area contributed by atoms with Crippen LogP contribution in [0, 0.1) is 0 Å². The van der Waals surface area contributed by atoms with Gasteiger partial charge in [0.15, 0.2) is 0 Å². The molecule has 15 heavy (non-hydrogen) atoms. The number of aromatic nitrogens is 1. The van der Waals surface area contributed by atoms with E-state index in [1.165, 1.54) is 12.0 Å². The lowest BCUT2D eigenvalue weighted by Crippen LogP contribution is -2.31. The molecular weight excluding hydrogens is 256 g/mol. The van der Waals surface area contributed by atoms with Gasteiger partial charge < -0.3 is 5.11 Å². The van der Waals surface area contributed by atoms with E-state index < -0.39 is 0 Å². The summed E-state index contributed by atoms with van der Waals surface area (Å²) < 4.78 is 1.01. The first-order chi connectivity index (χ1) is 7.29. The maximum Gasteiger partial charge on any atom is 0.0587 e. The van der Waals surface area contributed by atoms with Gasteiger partial charge in [-0.3, -0.25) is 9.88 Å². The smallest absolute Gasteiger partial charge is 0.0587 e. The summed E-state index contributed by atoms with van der Waals surface area (Å²) in [6, 6.07) is 2.42. The zero-order chi connectivity index (χ0) is 10.7. The summed E-state index contributed by atoms with van der Waals surface area (Å²) >= 11 is 3.41. The Morgan fingerprint density at radius 2 is 2.40 bits per heavy atom.